The molecule has 0 heterocycles. The Morgan fingerprint density at radius 2 is 0.883 bits per heavy atom. The standard InChI is InChI=1S/C48H90NO10P/c1-3-5-7-9-11-13-15-17-19-20-21-22-23-24-26-27-29-31-33-35-37-39-46(50)56-41-44(42-57-60(54,55)58-43-45(49)48(52)53)59-47(51)40-38-36-34-32-30-28-25-18-16-14-12-10-8-6-4-2/h12,14,18,25,44-45H,3-11,13,15-17,19-24,26-43,49H2,1-2H3,(H,52,53)(H,54,55)/b14-12-,25-18-/t44-,45+/m1/s1. The summed E-state index contributed by atoms with van der Waals surface area (Å²) in [4.78, 5) is 46.1. The molecule has 0 bridgehead atoms. The molecule has 0 amide bonds. The molecule has 0 saturated carbocycles. The molecule has 4 N–H and O–H groups in total. The lowest BCUT2D eigenvalue weighted by molar-refractivity contribution is -0.161. The molecule has 0 aromatic rings. The van der Waals surface area contributed by atoms with Gasteiger partial charge in [-0.25, -0.2) is 4.57 Å². The average Bonchev–Trinajstić information content (AvgIpc) is 3.22. The van der Waals surface area contributed by atoms with Gasteiger partial charge in [-0.15, -0.1) is 0 Å². The fourth-order valence-electron chi connectivity index (χ4n) is 6.86. The number of carboxylic acid groups (broad SMARTS) is 1. The molecule has 0 radical (unpaired) electrons. The van der Waals surface area contributed by atoms with Gasteiger partial charge in [-0.2, -0.15) is 0 Å². The maximum absolute atomic E-state index is 12.6. The van der Waals surface area contributed by atoms with Gasteiger partial charge >= 0.3 is 25.7 Å². The average molecular weight is 872 g/mol. The van der Waals surface area contributed by atoms with Crippen molar-refractivity contribution in [2.24, 2.45) is 5.73 Å². The van der Waals surface area contributed by atoms with E-state index in [1.54, 1.807) is 0 Å². The molecule has 0 aliphatic heterocycles. The highest BCUT2D eigenvalue weighted by atomic mass is 31.2. The van der Waals surface area contributed by atoms with Crippen LogP contribution < -0.4 is 5.73 Å². The highest BCUT2D eigenvalue weighted by Crippen LogP contribution is 2.43. The van der Waals surface area contributed by atoms with E-state index in [9.17, 15) is 23.8 Å². The molecular weight excluding hydrogens is 781 g/mol. The lowest BCUT2D eigenvalue weighted by Gasteiger charge is -2.20. The van der Waals surface area contributed by atoms with Crippen molar-refractivity contribution in [3.63, 3.8) is 0 Å². The maximum Gasteiger partial charge on any atom is 0.472 e. The number of aliphatic carboxylic acids is 1. The van der Waals surface area contributed by atoms with Gasteiger partial charge in [0, 0.05) is 12.8 Å². The lowest BCUT2D eigenvalue weighted by atomic mass is 10.0. The van der Waals surface area contributed by atoms with Crippen LogP contribution in [0.5, 0.6) is 0 Å². The van der Waals surface area contributed by atoms with E-state index in [4.69, 9.17) is 24.8 Å². The number of phosphoric acid groups is 1. The molecule has 0 aliphatic carbocycles. The number of ether oxygens (including phenoxy) is 2. The summed E-state index contributed by atoms with van der Waals surface area (Å²) in [5, 5.41) is 8.90. The first-order valence-corrected chi connectivity index (χ1v) is 25.9. The predicted octanol–water partition coefficient (Wildman–Crippen LogP) is 13.4. The Bertz CT molecular complexity index is 1120. The molecule has 0 rings (SSSR count). The number of carbonyl (C=O) groups excluding carboxylic acids is 2. The van der Waals surface area contributed by atoms with Crippen LogP contribution in [0.15, 0.2) is 24.3 Å². The van der Waals surface area contributed by atoms with Crippen LogP contribution in [-0.2, 0) is 37.5 Å². The van der Waals surface area contributed by atoms with Crippen molar-refractivity contribution in [1.82, 2.24) is 0 Å². The molecule has 0 spiro atoms. The van der Waals surface area contributed by atoms with E-state index in [2.05, 4.69) is 42.7 Å². The van der Waals surface area contributed by atoms with Gasteiger partial charge in [0.2, 0.25) is 0 Å². The Balaban J connectivity index is 4.24. The molecule has 60 heavy (non-hydrogen) atoms. The van der Waals surface area contributed by atoms with E-state index in [1.807, 2.05) is 0 Å². The van der Waals surface area contributed by atoms with Crippen LogP contribution in [0.25, 0.3) is 0 Å². The SMILES string of the molecule is CCCCC/C=C\C/C=C\CCCCCCCC(=O)O[C@H](COC(=O)CCCCCCCCCCCCCCCCCCCCCCC)COP(=O)(O)OC[C@H](N)C(=O)O. The van der Waals surface area contributed by atoms with Crippen molar-refractivity contribution in [3.05, 3.63) is 24.3 Å². The number of hydrogen-bond donors (Lipinski definition) is 3. The Hall–Kier alpha value is -2.04. The minimum Gasteiger partial charge on any atom is -0.480 e. The maximum atomic E-state index is 12.6. The van der Waals surface area contributed by atoms with Crippen molar-refractivity contribution < 1.29 is 47.5 Å². The van der Waals surface area contributed by atoms with Crippen LogP contribution >= 0.6 is 7.82 Å². The second kappa shape index (κ2) is 43.6. The molecule has 0 saturated heterocycles. The molecule has 11 nitrogen and oxygen atoms in total. The fourth-order valence-corrected chi connectivity index (χ4v) is 7.64. The predicted molar refractivity (Wildman–Crippen MR) is 245 cm³/mol. The molecule has 0 aliphatic rings. The van der Waals surface area contributed by atoms with Gasteiger partial charge in [-0.05, 0) is 44.9 Å². The monoisotopic (exact) mass is 872 g/mol. The van der Waals surface area contributed by atoms with E-state index in [0.717, 1.165) is 64.2 Å². The highest BCUT2D eigenvalue weighted by molar-refractivity contribution is 7.47. The Morgan fingerprint density at radius 1 is 0.517 bits per heavy atom. The largest absolute Gasteiger partial charge is 0.480 e. The van der Waals surface area contributed by atoms with Crippen LogP contribution in [0.4, 0.5) is 0 Å². The third kappa shape index (κ3) is 42.6. The number of esters is 2. The van der Waals surface area contributed by atoms with Gasteiger partial charge in [0.15, 0.2) is 6.10 Å². The molecule has 352 valence electrons. The number of unbranched alkanes of at least 4 members (excludes halogenated alkanes) is 28. The molecule has 0 fully saturated rings. The van der Waals surface area contributed by atoms with Crippen LogP contribution in [0, 0.1) is 0 Å². The lowest BCUT2D eigenvalue weighted by Crippen LogP contribution is -2.34. The van der Waals surface area contributed by atoms with E-state index < -0.39 is 51.1 Å². The van der Waals surface area contributed by atoms with E-state index in [-0.39, 0.29) is 19.4 Å². The third-order valence-electron chi connectivity index (χ3n) is 10.7. The van der Waals surface area contributed by atoms with E-state index in [0.29, 0.717) is 12.8 Å². The number of rotatable bonds is 46. The third-order valence-corrected chi connectivity index (χ3v) is 11.7. The van der Waals surface area contributed by atoms with Gasteiger partial charge in [-0.1, -0.05) is 199 Å². The fraction of sp³-hybridized carbons (Fsp3) is 0.854. The number of carboxylic acids is 1. The van der Waals surface area contributed by atoms with Crippen LogP contribution in [0.1, 0.15) is 232 Å². The number of phosphoric ester groups is 1. The normalized spacial score (nSPS) is 13.8. The zero-order valence-corrected chi connectivity index (χ0v) is 39.2. The van der Waals surface area contributed by atoms with Gasteiger partial charge in [0.25, 0.3) is 0 Å². The Kier molecular flexibility index (Phi) is 42.1. The molecule has 12 heteroatoms. The van der Waals surface area contributed by atoms with Crippen molar-refractivity contribution in [2.75, 3.05) is 19.8 Å². The summed E-state index contributed by atoms with van der Waals surface area (Å²) in [6.45, 7) is 2.80. The van der Waals surface area contributed by atoms with Gasteiger partial charge in [-0.3, -0.25) is 23.4 Å². The highest BCUT2D eigenvalue weighted by Gasteiger charge is 2.28. The number of allylic oxidation sites excluding steroid dienone is 4. The molecule has 0 aromatic carbocycles. The Morgan fingerprint density at radius 3 is 1.33 bits per heavy atom. The van der Waals surface area contributed by atoms with Gasteiger partial charge in [0.05, 0.1) is 13.2 Å². The zero-order chi connectivity index (χ0) is 44.2. The summed E-state index contributed by atoms with van der Waals surface area (Å²) in [7, 11) is -4.72. The second-order valence-electron chi connectivity index (χ2n) is 16.6. The molecular formula is C48H90NO10P. The first-order valence-electron chi connectivity index (χ1n) is 24.4. The van der Waals surface area contributed by atoms with Gasteiger partial charge < -0.3 is 25.2 Å². The van der Waals surface area contributed by atoms with Crippen molar-refractivity contribution in [2.45, 2.75) is 244 Å². The minimum atomic E-state index is -4.72. The van der Waals surface area contributed by atoms with E-state index in [1.165, 1.54) is 128 Å². The van der Waals surface area contributed by atoms with Crippen LogP contribution in [-0.4, -0.2) is 59.9 Å². The molecule has 1 unspecified atom stereocenters. The topological polar surface area (TPSA) is 172 Å². The minimum absolute atomic E-state index is 0.148. The van der Waals surface area contributed by atoms with Crippen molar-refractivity contribution in [1.29, 1.82) is 0 Å². The van der Waals surface area contributed by atoms with Crippen LogP contribution in [0.2, 0.25) is 0 Å². The van der Waals surface area contributed by atoms with Crippen LogP contribution in [0.3, 0.4) is 0 Å². The first-order chi connectivity index (χ1) is 29.1. The summed E-state index contributed by atoms with van der Waals surface area (Å²) in [6.07, 6.45) is 46.7. The van der Waals surface area contributed by atoms with Crippen molar-refractivity contribution >= 4 is 25.7 Å². The second-order valence-corrected chi connectivity index (χ2v) is 18.1. The van der Waals surface area contributed by atoms with E-state index >= 15 is 0 Å². The first kappa shape index (κ1) is 58.0. The van der Waals surface area contributed by atoms with Crippen molar-refractivity contribution in [3.8, 4) is 0 Å². The molecule has 0 aromatic heterocycles. The molecule has 3 atom stereocenters. The summed E-state index contributed by atoms with van der Waals surface area (Å²) < 4.78 is 32.8. The number of nitrogens with two attached hydrogens (primary N) is 1. The zero-order valence-electron chi connectivity index (χ0n) is 38.3. The Labute approximate surface area is 366 Å². The number of hydrogen-bond acceptors (Lipinski definition) is 9. The summed E-state index contributed by atoms with van der Waals surface area (Å²) in [5.74, 6) is -2.38. The quantitative estimate of drug-likeness (QED) is 0.0230. The van der Waals surface area contributed by atoms with Gasteiger partial charge in [0.1, 0.15) is 12.6 Å². The summed E-state index contributed by atoms with van der Waals surface area (Å²) in [6, 6.07) is -1.52. The smallest absolute Gasteiger partial charge is 0.472 e. The summed E-state index contributed by atoms with van der Waals surface area (Å²) >= 11 is 0. The summed E-state index contributed by atoms with van der Waals surface area (Å²) in [5.41, 5.74) is 5.34. The number of carbonyl (C=O) groups is 3.